The third-order valence-electron chi connectivity index (χ3n) is 3.55. The van der Waals surface area contributed by atoms with E-state index in [1.54, 1.807) is 13.1 Å². The third kappa shape index (κ3) is 3.18. The maximum atomic E-state index is 14.3. The zero-order chi connectivity index (χ0) is 18.1. The summed E-state index contributed by atoms with van der Waals surface area (Å²) in [5, 5.41) is 11.8. The molecule has 0 saturated carbocycles. The number of carbonyl (C=O) groups excluding carboxylic acids is 1. The van der Waals surface area contributed by atoms with Gasteiger partial charge in [-0.2, -0.15) is 0 Å². The summed E-state index contributed by atoms with van der Waals surface area (Å²) >= 11 is 0. The van der Waals surface area contributed by atoms with Gasteiger partial charge in [0.2, 0.25) is 0 Å². The highest BCUT2D eigenvalue weighted by Crippen LogP contribution is 2.24. The van der Waals surface area contributed by atoms with Crippen molar-refractivity contribution in [3.05, 3.63) is 71.6 Å². The molecule has 0 fully saturated rings. The number of aryl methyl sites for hydroxylation is 1. The van der Waals surface area contributed by atoms with Crippen molar-refractivity contribution >= 4 is 11.6 Å². The molecule has 3 aromatic rings. The van der Waals surface area contributed by atoms with E-state index in [0.717, 1.165) is 6.07 Å². The number of benzene rings is 2. The highest BCUT2D eigenvalue weighted by Gasteiger charge is 2.19. The fourth-order valence-corrected chi connectivity index (χ4v) is 2.39. The van der Waals surface area contributed by atoms with E-state index >= 15 is 0 Å². The van der Waals surface area contributed by atoms with E-state index in [9.17, 15) is 23.1 Å². The van der Waals surface area contributed by atoms with Crippen molar-refractivity contribution < 1.29 is 23.1 Å². The van der Waals surface area contributed by atoms with Crippen LogP contribution >= 0.6 is 0 Å². The third-order valence-corrected chi connectivity index (χ3v) is 3.55. The number of anilines is 1. The molecule has 2 aromatic carbocycles. The van der Waals surface area contributed by atoms with Gasteiger partial charge in [0.25, 0.3) is 5.91 Å². The zero-order valence-corrected chi connectivity index (χ0v) is 12.9. The van der Waals surface area contributed by atoms with E-state index in [-0.39, 0.29) is 11.4 Å². The molecule has 0 spiro atoms. The molecule has 8 heteroatoms. The molecular weight excluding hydrogens is 335 g/mol. The number of imidazole rings is 1. The van der Waals surface area contributed by atoms with Crippen molar-refractivity contribution in [3.63, 3.8) is 0 Å². The molecule has 0 saturated heterocycles. The lowest BCUT2D eigenvalue weighted by atomic mass is 10.1. The molecule has 0 aliphatic heterocycles. The van der Waals surface area contributed by atoms with Crippen LogP contribution in [0.3, 0.4) is 0 Å². The van der Waals surface area contributed by atoms with Crippen molar-refractivity contribution in [2.75, 3.05) is 5.32 Å². The number of phenols is 1. The molecule has 5 nitrogen and oxygen atoms in total. The van der Waals surface area contributed by atoms with Crippen LogP contribution in [0.2, 0.25) is 0 Å². The number of rotatable bonds is 3. The van der Waals surface area contributed by atoms with Gasteiger partial charge in [0, 0.05) is 30.2 Å². The minimum atomic E-state index is -1.22. The molecule has 1 aromatic heterocycles. The van der Waals surface area contributed by atoms with Crippen molar-refractivity contribution in [2.24, 2.45) is 0 Å². The van der Waals surface area contributed by atoms with Gasteiger partial charge in [-0.25, -0.2) is 18.2 Å². The number of phenolic OH excluding ortho intramolecular Hbond substituents is 1. The summed E-state index contributed by atoms with van der Waals surface area (Å²) in [6.45, 7) is 1.70. The van der Waals surface area contributed by atoms with Crippen LogP contribution in [-0.4, -0.2) is 20.6 Å². The van der Waals surface area contributed by atoms with E-state index in [1.807, 2.05) is 0 Å². The van der Waals surface area contributed by atoms with Gasteiger partial charge in [0.1, 0.15) is 34.6 Å². The summed E-state index contributed by atoms with van der Waals surface area (Å²) < 4.78 is 42.5. The molecule has 0 aliphatic rings. The number of nitrogens with one attached hydrogen (secondary N) is 1. The Morgan fingerprint density at radius 2 is 1.92 bits per heavy atom. The van der Waals surface area contributed by atoms with Crippen LogP contribution in [0.5, 0.6) is 5.75 Å². The van der Waals surface area contributed by atoms with Crippen LogP contribution in [0.4, 0.5) is 18.9 Å². The largest absolute Gasteiger partial charge is 0.507 e. The van der Waals surface area contributed by atoms with Gasteiger partial charge in [-0.15, -0.1) is 0 Å². The fourth-order valence-electron chi connectivity index (χ4n) is 2.39. The molecule has 0 atom stereocenters. The molecule has 1 heterocycles. The Hall–Kier alpha value is -3.29. The number of aromatic nitrogens is 2. The number of nitrogens with zero attached hydrogens (tertiary/aromatic N) is 2. The van der Waals surface area contributed by atoms with Crippen molar-refractivity contribution in [2.45, 2.75) is 6.92 Å². The van der Waals surface area contributed by atoms with Crippen LogP contribution < -0.4 is 5.32 Å². The van der Waals surface area contributed by atoms with E-state index in [1.165, 1.54) is 22.9 Å². The van der Waals surface area contributed by atoms with E-state index < -0.39 is 34.7 Å². The average Bonchev–Trinajstić information content (AvgIpc) is 2.92. The first-order valence-corrected chi connectivity index (χ1v) is 7.16. The first-order valence-electron chi connectivity index (χ1n) is 7.16. The lowest BCUT2D eigenvalue weighted by Crippen LogP contribution is -2.14. The zero-order valence-electron chi connectivity index (χ0n) is 12.9. The van der Waals surface area contributed by atoms with Crippen LogP contribution in [0, 0.1) is 24.4 Å². The normalized spacial score (nSPS) is 10.7. The first-order chi connectivity index (χ1) is 11.9. The van der Waals surface area contributed by atoms with E-state index in [0.29, 0.717) is 18.0 Å². The maximum absolute atomic E-state index is 14.3. The number of hydrogen-bond acceptors (Lipinski definition) is 3. The Bertz CT molecular complexity index is 947. The molecule has 2 N–H and O–H groups in total. The van der Waals surface area contributed by atoms with E-state index in [4.69, 9.17) is 0 Å². The van der Waals surface area contributed by atoms with Crippen molar-refractivity contribution in [1.82, 2.24) is 9.55 Å². The Kier molecular flexibility index (Phi) is 4.18. The van der Waals surface area contributed by atoms with E-state index in [2.05, 4.69) is 10.3 Å². The Labute approximate surface area is 140 Å². The molecule has 0 bridgehead atoms. The van der Waals surface area contributed by atoms with Gasteiger partial charge < -0.3 is 15.0 Å². The Morgan fingerprint density at radius 1 is 1.16 bits per heavy atom. The summed E-state index contributed by atoms with van der Waals surface area (Å²) in [4.78, 5) is 16.1. The van der Waals surface area contributed by atoms with Crippen LogP contribution in [-0.2, 0) is 0 Å². The van der Waals surface area contributed by atoms with Gasteiger partial charge >= 0.3 is 0 Å². The number of amides is 1. The minimum Gasteiger partial charge on any atom is -0.507 e. The first kappa shape index (κ1) is 16.6. The van der Waals surface area contributed by atoms with Gasteiger partial charge in [-0.3, -0.25) is 4.79 Å². The average molecular weight is 347 g/mol. The topological polar surface area (TPSA) is 67.2 Å². The second-order valence-corrected chi connectivity index (χ2v) is 5.25. The molecule has 0 radical (unpaired) electrons. The van der Waals surface area contributed by atoms with Gasteiger partial charge in [0.15, 0.2) is 0 Å². The van der Waals surface area contributed by atoms with Gasteiger partial charge in [-0.05, 0) is 25.1 Å². The standard InChI is InChI=1S/C17H12F3N3O2/c1-9-21-4-5-23(9)14-3-2-11(8-12(14)19)22-17(25)16-13(20)6-10(18)7-15(16)24/h2-8,24H,1H3,(H,22,25). The van der Waals surface area contributed by atoms with Crippen LogP contribution in [0.25, 0.3) is 5.69 Å². The molecule has 3 rings (SSSR count). The summed E-state index contributed by atoms with van der Waals surface area (Å²) in [5.74, 6) is -4.17. The predicted molar refractivity (Wildman–Crippen MR) is 84.2 cm³/mol. The quantitative estimate of drug-likeness (QED) is 0.761. The number of carbonyl (C=O) groups is 1. The summed E-state index contributed by atoms with van der Waals surface area (Å²) in [6.07, 6.45) is 3.10. The van der Waals surface area contributed by atoms with Crippen molar-refractivity contribution in [1.29, 1.82) is 0 Å². The highest BCUT2D eigenvalue weighted by atomic mass is 19.1. The SMILES string of the molecule is Cc1nccn1-c1ccc(NC(=O)c2c(O)cc(F)cc2F)cc1F. The lowest BCUT2D eigenvalue weighted by Gasteiger charge is -2.11. The van der Waals surface area contributed by atoms with Crippen molar-refractivity contribution in [3.8, 4) is 11.4 Å². The maximum Gasteiger partial charge on any atom is 0.262 e. The van der Waals surface area contributed by atoms with Crippen LogP contribution in [0.1, 0.15) is 16.2 Å². The second-order valence-electron chi connectivity index (χ2n) is 5.25. The van der Waals surface area contributed by atoms with Crippen LogP contribution in [0.15, 0.2) is 42.7 Å². The summed E-state index contributed by atoms with van der Waals surface area (Å²) in [6, 6.07) is 4.96. The molecule has 1 amide bonds. The molecule has 0 unspecified atom stereocenters. The molecule has 25 heavy (non-hydrogen) atoms. The Balaban J connectivity index is 1.88. The Morgan fingerprint density at radius 3 is 2.52 bits per heavy atom. The van der Waals surface area contributed by atoms with Gasteiger partial charge in [-0.1, -0.05) is 0 Å². The summed E-state index contributed by atoms with van der Waals surface area (Å²) in [7, 11) is 0. The fraction of sp³-hybridized carbons (Fsp3) is 0.0588. The molecular formula is C17H12F3N3O2. The van der Waals surface area contributed by atoms with Gasteiger partial charge in [0.05, 0.1) is 5.69 Å². The lowest BCUT2D eigenvalue weighted by molar-refractivity contribution is 0.102. The highest BCUT2D eigenvalue weighted by molar-refractivity contribution is 6.06. The monoisotopic (exact) mass is 347 g/mol. The summed E-state index contributed by atoms with van der Waals surface area (Å²) in [5.41, 5.74) is -0.452. The number of hydrogen-bond donors (Lipinski definition) is 2. The minimum absolute atomic E-state index is 0.0483. The second kappa shape index (κ2) is 6.31. The molecule has 128 valence electrons. The number of aromatic hydroxyl groups is 1. The number of halogens is 3. The smallest absolute Gasteiger partial charge is 0.262 e. The predicted octanol–water partition coefficient (Wildman–Crippen LogP) is 3.56. The molecule has 0 aliphatic carbocycles.